The molecule has 1 heterocycles. The van der Waals surface area contributed by atoms with E-state index in [9.17, 15) is 14.4 Å². The molecule has 3 aromatic rings. The minimum Gasteiger partial charge on any atom is -0.401 e. The van der Waals surface area contributed by atoms with Gasteiger partial charge in [-0.05, 0) is 6.07 Å². The summed E-state index contributed by atoms with van der Waals surface area (Å²) in [6.45, 7) is 0. The molecule has 2 aromatic carbocycles. The Kier molecular flexibility index (Phi) is 4.38. The molecule has 3 rings (SSSR count). The van der Waals surface area contributed by atoms with E-state index in [1.54, 1.807) is 42.5 Å². The quantitative estimate of drug-likeness (QED) is 0.546. The van der Waals surface area contributed by atoms with E-state index < -0.39 is 11.9 Å². The average molecular weight is 335 g/mol. The van der Waals surface area contributed by atoms with Crippen LogP contribution in [0.15, 0.2) is 60.9 Å². The Labute approximate surface area is 142 Å². The van der Waals surface area contributed by atoms with Crippen molar-refractivity contribution in [3.63, 3.8) is 0 Å². The second-order valence-corrected chi connectivity index (χ2v) is 5.08. The van der Waals surface area contributed by atoms with Crippen LogP contribution in [-0.2, 0) is 0 Å². The predicted octanol–water partition coefficient (Wildman–Crippen LogP) is 1.96. The van der Waals surface area contributed by atoms with Crippen LogP contribution in [0.5, 0.6) is 5.88 Å². The first kappa shape index (κ1) is 16.1. The van der Waals surface area contributed by atoms with Crippen molar-refractivity contribution in [2.45, 2.75) is 0 Å². The number of nitrogens with two attached hydrogens (primary N) is 1. The van der Waals surface area contributed by atoms with Crippen molar-refractivity contribution >= 4 is 17.7 Å². The Morgan fingerprint density at radius 1 is 0.920 bits per heavy atom. The van der Waals surface area contributed by atoms with Crippen LogP contribution in [-0.4, -0.2) is 27.6 Å². The zero-order valence-electron chi connectivity index (χ0n) is 12.9. The highest BCUT2D eigenvalue weighted by Gasteiger charge is 2.22. The van der Waals surface area contributed by atoms with E-state index in [4.69, 9.17) is 10.5 Å². The largest absolute Gasteiger partial charge is 0.401 e. The Morgan fingerprint density at radius 2 is 1.56 bits per heavy atom. The number of carbonyl (C=O) groups excluding carboxylic acids is 3. The van der Waals surface area contributed by atoms with Gasteiger partial charge in [0.15, 0.2) is 11.5 Å². The highest BCUT2D eigenvalue weighted by atomic mass is 16.5. The zero-order chi connectivity index (χ0) is 17.8. The number of benzene rings is 2. The molecule has 0 aliphatic heterocycles. The van der Waals surface area contributed by atoms with Crippen LogP contribution in [0.3, 0.4) is 0 Å². The molecule has 3 N–H and O–H groups in total. The van der Waals surface area contributed by atoms with Crippen molar-refractivity contribution in [1.29, 1.82) is 0 Å². The third kappa shape index (κ3) is 3.30. The Hall–Kier alpha value is -3.74. The van der Waals surface area contributed by atoms with Crippen molar-refractivity contribution in [1.82, 2.24) is 9.97 Å². The number of aromatic amines is 1. The Bertz CT molecular complexity index is 948. The molecule has 0 aliphatic carbocycles. The molecule has 0 saturated carbocycles. The topological polar surface area (TPSA) is 115 Å². The van der Waals surface area contributed by atoms with Crippen molar-refractivity contribution < 1.29 is 19.1 Å². The number of ketones is 1. The lowest BCUT2D eigenvalue weighted by Crippen LogP contribution is -2.18. The molecule has 0 saturated heterocycles. The van der Waals surface area contributed by atoms with Gasteiger partial charge in [0.25, 0.3) is 11.8 Å². The summed E-state index contributed by atoms with van der Waals surface area (Å²) in [5, 5.41) is 0. The molecule has 0 atom stereocenters. The lowest BCUT2D eigenvalue weighted by molar-refractivity contribution is 0.0721. The van der Waals surface area contributed by atoms with Gasteiger partial charge in [0.1, 0.15) is 0 Å². The maximum Gasteiger partial charge on any atom is 0.345 e. The molecular weight excluding hydrogens is 322 g/mol. The monoisotopic (exact) mass is 335 g/mol. The number of amides is 1. The van der Waals surface area contributed by atoms with E-state index >= 15 is 0 Å². The number of ether oxygens (including phenoxy) is 1. The number of imidazole rings is 1. The number of esters is 1. The summed E-state index contributed by atoms with van der Waals surface area (Å²) in [5.74, 6) is -2.17. The van der Waals surface area contributed by atoms with Gasteiger partial charge in [0, 0.05) is 11.1 Å². The van der Waals surface area contributed by atoms with Crippen LogP contribution in [0, 0.1) is 0 Å². The van der Waals surface area contributed by atoms with Crippen molar-refractivity contribution in [3.8, 4) is 5.88 Å². The van der Waals surface area contributed by atoms with Crippen molar-refractivity contribution in [3.05, 3.63) is 83.3 Å². The third-order valence-corrected chi connectivity index (χ3v) is 3.47. The summed E-state index contributed by atoms with van der Waals surface area (Å²) in [6, 6.07) is 14.8. The molecule has 1 aromatic heterocycles. The van der Waals surface area contributed by atoms with Crippen LogP contribution in [0.1, 0.15) is 36.8 Å². The van der Waals surface area contributed by atoms with Crippen LogP contribution < -0.4 is 10.5 Å². The zero-order valence-corrected chi connectivity index (χ0v) is 12.9. The molecule has 25 heavy (non-hydrogen) atoms. The fraction of sp³-hybridized carbons (Fsp3) is 0. The summed E-state index contributed by atoms with van der Waals surface area (Å²) >= 11 is 0. The van der Waals surface area contributed by atoms with Gasteiger partial charge in [0.05, 0.1) is 11.9 Å². The van der Waals surface area contributed by atoms with Gasteiger partial charge in [-0.1, -0.05) is 48.5 Å². The molecular formula is C18H13N3O4. The second-order valence-electron chi connectivity index (χ2n) is 5.08. The summed E-state index contributed by atoms with van der Waals surface area (Å²) in [7, 11) is 0. The van der Waals surface area contributed by atoms with E-state index in [1.165, 1.54) is 18.5 Å². The summed E-state index contributed by atoms with van der Waals surface area (Å²) in [4.78, 5) is 42.6. The number of carbonyl (C=O) groups is 3. The van der Waals surface area contributed by atoms with Gasteiger partial charge in [-0.2, -0.15) is 0 Å². The van der Waals surface area contributed by atoms with Gasteiger partial charge < -0.3 is 15.5 Å². The number of primary amides is 1. The van der Waals surface area contributed by atoms with Gasteiger partial charge in [0.2, 0.25) is 0 Å². The lowest BCUT2D eigenvalue weighted by atomic mass is 9.98. The van der Waals surface area contributed by atoms with E-state index in [1.807, 2.05) is 0 Å². The molecule has 7 heteroatoms. The molecule has 0 unspecified atom stereocenters. The number of nitrogens with zero attached hydrogens (tertiary/aromatic N) is 1. The minimum absolute atomic E-state index is 0.0646. The molecule has 0 fully saturated rings. The summed E-state index contributed by atoms with van der Waals surface area (Å²) in [5.41, 5.74) is 5.75. The second kappa shape index (κ2) is 6.79. The summed E-state index contributed by atoms with van der Waals surface area (Å²) < 4.78 is 5.13. The van der Waals surface area contributed by atoms with Gasteiger partial charge in [-0.25, -0.2) is 9.78 Å². The lowest BCUT2D eigenvalue weighted by Gasteiger charge is -2.08. The first-order chi connectivity index (χ1) is 12.1. The Balaban J connectivity index is 1.93. The van der Waals surface area contributed by atoms with Crippen LogP contribution in [0.2, 0.25) is 0 Å². The van der Waals surface area contributed by atoms with Crippen LogP contribution >= 0.6 is 0 Å². The van der Waals surface area contributed by atoms with Gasteiger partial charge in [-0.3, -0.25) is 9.59 Å². The molecule has 7 nitrogen and oxygen atoms in total. The van der Waals surface area contributed by atoms with Crippen molar-refractivity contribution in [2.24, 2.45) is 5.73 Å². The number of aromatic nitrogens is 2. The molecule has 0 radical (unpaired) electrons. The Morgan fingerprint density at radius 3 is 2.24 bits per heavy atom. The molecule has 124 valence electrons. The standard InChI is InChI=1S/C18H13N3O4/c19-16(23)14-17(21-10-20-14)25-18(24)13-9-5-4-8-12(13)15(22)11-6-2-1-3-7-11/h1-10H,(H2,19,23)(H,20,21). The smallest absolute Gasteiger partial charge is 0.345 e. The number of H-pyrrole nitrogens is 1. The summed E-state index contributed by atoms with van der Waals surface area (Å²) in [6.07, 6.45) is 1.18. The number of hydrogen-bond acceptors (Lipinski definition) is 5. The molecule has 0 bridgehead atoms. The normalized spacial score (nSPS) is 10.2. The highest BCUT2D eigenvalue weighted by molar-refractivity contribution is 6.14. The molecule has 0 aliphatic rings. The molecule has 1 amide bonds. The van der Waals surface area contributed by atoms with Gasteiger partial charge >= 0.3 is 5.97 Å². The average Bonchev–Trinajstić information content (AvgIpc) is 3.10. The maximum atomic E-state index is 12.6. The van der Waals surface area contributed by atoms with Crippen molar-refractivity contribution in [2.75, 3.05) is 0 Å². The van der Waals surface area contributed by atoms with E-state index in [0.717, 1.165) is 0 Å². The van der Waals surface area contributed by atoms with E-state index in [2.05, 4.69) is 9.97 Å². The number of hydrogen-bond donors (Lipinski definition) is 2. The maximum absolute atomic E-state index is 12.6. The SMILES string of the molecule is NC(=O)c1[nH]cnc1OC(=O)c1ccccc1C(=O)c1ccccc1. The van der Waals surface area contributed by atoms with E-state index in [-0.39, 0.29) is 28.5 Å². The third-order valence-electron chi connectivity index (χ3n) is 3.47. The number of nitrogens with one attached hydrogen (secondary N) is 1. The predicted molar refractivity (Wildman–Crippen MR) is 88.4 cm³/mol. The fourth-order valence-electron chi connectivity index (χ4n) is 2.28. The molecule has 0 spiro atoms. The highest BCUT2D eigenvalue weighted by Crippen LogP contribution is 2.18. The fourth-order valence-corrected chi connectivity index (χ4v) is 2.28. The van der Waals surface area contributed by atoms with Gasteiger partial charge in [-0.15, -0.1) is 0 Å². The first-order valence-electron chi connectivity index (χ1n) is 7.32. The number of rotatable bonds is 5. The minimum atomic E-state index is -0.811. The first-order valence-corrected chi connectivity index (χ1v) is 7.32. The van der Waals surface area contributed by atoms with Crippen LogP contribution in [0.4, 0.5) is 0 Å². The van der Waals surface area contributed by atoms with E-state index in [0.29, 0.717) is 5.56 Å². The van der Waals surface area contributed by atoms with Crippen LogP contribution in [0.25, 0.3) is 0 Å².